The summed E-state index contributed by atoms with van der Waals surface area (Å²) in [5, 5.41) is 7.68. The molecule has 1 aliphatic rings. The Bertz CT molecular complexity index is 1120. The van der Waals surface area contributed by atoms with Gasteiger partial charge in [0.25, 0.3) is 0 Å². The maximum absolute atomic E-state index is 12.7. The first-order valence-electron chi connectivity index (χ1n) is 10.2. The lowest BCUT2D eigenvalue weighted by Gasteiger charge is -2.14. The first-order valence-corrected chi connectivity index (χ1v) is 10.6. The van der Waals surface area contributed by atoms with Crippen LogP contribution in [0.25, 0.3) is 0 Å². The van der Waals surface area contributed by atoms with Gasteiger partial charge in [0.2, 0.25) is 5.91 Å². The van der Waals surface area contributed by atoms with Crippen LogP contribution in [0.15, 0.2) is 42.6 Å². The van der Waals surface area contributed by atoms with Crippen LogP contribution in [-0.4, -0.2) is 43.1 Å². The number of ether oxygens (including phenoxy) is 4. The predicted octanol–water partition coefficient (Wildman–Crippen LogP) is 3.94. The van der Waals surface area contributed by atoms with E-state index in [0.29, 0.717) is 53.6 Å². The molecule has 168 valence electrons. The number of rotatable bonds is 7. The molecular weight excluding hydrogens is 434 g/mol. The van der Waals surface area contributed by atoms with Gasteiger partial charge in [0.05, 0.1) is 51.6 Å². The van der Waals surface area contributed by atoms with Crippen LogP contribution in [-0.2, 0) is 17.8 Å². The van der Waals surface area contributed by atoms with Crippen LogP contribution in [0, 0.1) is 0 Å². The van der Waals surface area contributed by atoms with Crippen LogP contribution in [0.3, 0.4) is 0 Å². The third-order valence-electron chi connectivity index (χ3n) is 5.02. The summed E-state index contributed by atoms with van der Waals surface area (Å²) in [5.41, 5.74) is 1.61. The molecule has 0 fully saturated rings. The van der Waals surface area contributed by atoms with E-state index in [9.17, 15) is 4.79 Å². The monoisotopic (exact) mass is 457 g/mol. The highest BCUT2D eigenvalue weighted by Crippen LogP contribution is 2.38. The number of carbonyl (C=O) groups excluding carboxylic acids is 1. The number of amides is 1. The van der Waals surface area contributed by atoms with Gasteiger partial charge < -0.3 is 24.3 Å². The second-order valence-corrected chi connectivity index (χ2v) is 7.61. The minimum atomic E-state index is -0.199. The van der Waals surface area contributed by atoms with E-state index in [1.165, 1.54) is 0 Å². The number of para-hydroxylation sites is 1. The fourth-order valence-corrected chi connectivity index (χ4v) is 3.85. The number of halogens is 1. The van der Waals surface area contributed by atoms with Crippen molar-refractivity contribution in [3.05, 3.63) is 58.7 Å². The first kappa shape index (κ1) is 21.8. The SMILES string of the molecule is COc1cccc(Cn2nccc2NC(=O)Cc2cc(Cl)c3c(c2)OCCCO3)c1OC. The van der Waals surface area contributed by atoms with Crippen molar-refractivity contribution in [2.75, 3.05) is 32.8 Å². The van der Waals surface area contributed by atoms with Crippen LogP contribution in [0.1, 0.15) is 17.5 Å². The maximum Gasteiger partial charge on any atom is 0.229 e. The van der Waals surface area contributed by atoms with Crippen molar-refractivity contribution in [1.82, 2.24) is 9.78 Å². The number of nitrogens with one attached hydrogen (secondary N) is 1. The second-order valence-electron chi connectivity index (χ2n) is 7.21. The molecule has 0 saturated heterocycles. The van der Waals surface area contributed by atoms with E-state index in [2.05, 4.69) is 10.4 Å². The zero-order valence-corrected chi connectivity index (χ0v) is 18.6. The van der Waals surface area contributed by atoms with Crippen LogP contribution < -0.4 is 24.3 Å². The Labute approximate surface area is 191 Å². The lowest BCUT2D eigenvalue weighted by molar-refractivity contribution is -0.115. The Balaban J connectivity index is 1.48. The van der Waals surface area contributed by atoms with Gasteiger partial charge in [-0.2, -0.15) is 5.10 Å². The van der Waals surface area contributed by atoms with E-state index in [4.69, 9.17) is 30.5 Å². The average Bonchev–Trinajstić information content (AvgIpc) is 3.05. The molecule has 2 heterocycles. The molecule has 4 rings (SSSR count). The summed E-state index contributed by atoms with van der Waals surface area (Å²) >= 11 is 6.34. The van der Waals surface area contributed by atoms with Gasteiger partial charge in [-0.15, -0.1) is 0 Å². The molecule has 1 amide bonds. The Morgan fingerprint density at radius 1 is 1.19 bits per heavy atom. The maximum atomic E-state index is 12.7. The smallest absolute Gasteiger partial charge is 0.229 e. The molecule has 8 nitrogen and oxygen atoms in total. The molecule has 32 heavy (non-hydrogen) atoms. The van der Waals surface area contributed by atoms with Crippen molar-refractivity contribution < 1.29 is 23.7 Å². The Kier molecular flexibility index (Phi) is 6.70. The average molecular weight is 458 g/mol. The van der Waals surface area contributed by atoms with E-state index >= 15 is 0 Å². The summed E-state index contributed by atoms with van der Waals surface area (Å²) in [7, 11) is 3.18. The summed E-state index contributed by atoms with van der Waals surface area (Å²) in [6, 6.07) is 10.9. The molecular formula is C23H24ClN3O5. The van der Waals surface area contributed by atoms with Gasteiger partial charge in [0.15, 0.2) is 23.0 Å². The van der Waals surface area contributed by atoms with Crippen molar-refractivity contribution in [1.29, 1.82) is 0 Å². The number of anilines is 1. The molecule has 9 heteroatoms. The molecule has 0 aliphatic carbocycles. The van der Waals surface area contributed by atoms with Crippen molar-refractivity contribution in [3.63, 3.8) is 0 Å². The van der Waals surface area contributed by atoms with Crippen molar-refractivity contribution in [2.45, 2.75) is 19.4 Å². The zero-order chi connectivity index (χ0) is 22.5. The van der Waals surface area contributed by atoms with Crippen LogP contribution >= 0.6 is 11.6 Å². The molecule has 0 saturated carbocycles. The van der Waals surface area contributed by atoms with Crippen LogP contribution in [0.4, 0.5) is 5.82 Å². The number of methoxy groups -OCH3 is 2. The first-order chi connectivity index (χ1) is 15.6. The third-order valence-corrected chi connectivity index (χ3v) is 5.30. The largest absolute Gasteiger partial charge is 0.493 e. The number of hydrogen-bond donors (Lipinski definition) is 1. The Morgan fingerprint density at radius 2 is 2.03 bits per heavy atom. The summed E-state index contributed by atoms with van der Waals surface area (Å²) in [5.74, 6) is 2.72. The van der Waals surface area contributed by atoms with Gasteiger partial charge in [-0.1, -0.05) is 23.7 Å². The topological polar surface area (TPSA) is 83.8 Å². The number of nitrogens with zero attached hydrogens (tertiary/aromatic N) is 2. The molecule has 0 radical (unpaired) electrons. The van der Waals surface area contributed by atoms with E-state index in [-0.39, 0.29) is 12.3 Å². The highest BCUT2D eigenvalue weighted by atomic mass is 35.5. The standard InChI is InChI=1S/C23H24ClN3O5/c1-29-18-6-3-5-16(22(18)30-2)14-27-20(7-8-25-27)26-21(28)13-15-11-17(24)23-19(12-15)31-9-4-10-32-23/h3,5-8,11-12H,4,9-10,13-14H2,1-2H3,(H,26,28). The van der Waals surface area contributed by atoms with Crippen molar-refractivity contribution in [3.8, 4) is 23.0 Å². The highest BCUT2D eigenvalue weighted by molar-refractivity contribution is 6.32. The molecule has 1 N–H and O–H groups in total. The van der Waals surface area contributed by atoms with Crippen LogP contribution in [0.2, 0.25) is 5.02 Å². The lowest BCUT2D eigenvalue weighted by Crippen LogP contribution is -2.18. The van der Waals surface area contributed by atoms with Gasteiger partial charge in [0.1, 0.15) is 5.82 Å². The summed E-state index contributed by atoms with van der Waals surface area (Å²) in [6.45, 7) is 1.50. The second kappa shape index (κ2) is 9.82. The van der Waals surface area contributed by atoms with Gasteiger partial charge in [-0.25, -0.2) is 4.68 Å². The Hall–Kier alpha value is -3.39. The Morgan fingerprint density at radius 3 is 2.84 bits per heavy atom. The van der Waals surface area contributed by atoms with E-state index in [0.717, 1.165) is 17.5 Å². The molecule has 2 aromatic carbocycles. The normalized spacial score (nSPS) is 12.7. The minimum Gasteiger partial charge on any atom is -0.493 e. The highest BCUT2D eigenvalue weighted by Gasteiger charge is 2.18. The molecule has 1 aliphatic heterocycles. The molecule has 0 spiro atoms. The predicted molar refractivity (Wildman–Crippen MR) is 120 cm³/mol. The zero-order valence-electron chi connectivity index (χ0n) is 17.9. The van der Waals surface area contributed by atoms with Gasteiger partial charge in [-0.05, 0) is 23.8 Å². The summed E-state index contributed by atoms with van der Waals surface area (Å²) in [6.07, 6.45) is 2.54. The number of carbonyl (C=O) groups is 1. The van der Waals surface area contributed by atoms with Crippen LogP contribution in [0.5, 0.6) is 23.0 Å². The fraction of sp³-hybridized carbons (Fsp3) is 0.304. The quantitative estimate of drug-likeness (QED) is 0.578. The number of aromatic nitrogens is 2. The number of fused-ring (bicyclic) bond motifs is 1. The molecule has 0 atom stereocenters. The van der Waals surface area contributed by atoms with Gasteiger partial charge in [0, 0.05) is 18.1 Å². The fourth-order valence-electron chi connectivity index (χ4n) is 3.56. The molecule has 1 aromatic heterocycles. The number of benzene rings is 2. The van der Waals surface area contributed by atoms with Gasteiger partial charge in [-0.3, -0.25) is 4.79 Å². The molecule has 3 aromatic rings. The lowest BCUT2D eigenvalue weighted by atomic mass is 10.1. The van der Waals surface area contributed by atoms with Crippen molar-refractivity contribution in [2.24, 2.45) is 0 Å². The van der Waals surface area contributed by atoms with E-state index in [1.807, 2.05) is 18.2 Å². The molecule has 0 unspecified atom stereocenters. The number of hydrogen-bond acceptors (Lipinski definition) is 6. The summed E-state index contributed by atoms with van der Waals surface area (Å²) < 4.78 is 23.9. The van der Waals surface area contributed by atoms with Crippen molar-refractivity contribution >= 4 is 23.3 Å². The molecule has 0 bridgehead atoms. The van der Waals surface area contributed by atoms with E-state index in [1.54, 1.807) is 43.3 Å². The summed E-state index contributed by atoms with van der Waals surface area (Å²) in [4.78, 5) is 12.7. The van der Waals surface area contributed by atoms with E-state index < -0.39 is 0 Å². The van der Waals surface area contributed by atoms with Gasteiger partial charge >= 0.3 is 0 Å². The minimum absolute atomic E-state index is 0.129. The third kappa shape index (κ3) is 4.75.